The maximum absolute atomic E-state index is 12.6. The Labute approximate surface area is 175 Å². The lowest BCUT2D eigenvalue weighted by atomic mass is 10.1. The zero-order valence-corrected chi connectivity index (χ0v) is 16.8. The summed E-state index contributed by atoms with van der Waals surface area (Å²) >= 11 is 0. The van der Waals surface area contributed by atoms with E-state index in [9.17, 15) is 9.59 Å². The van der Waals surface area contributed by atoms with Crippen LogP contribution in [-0.4, -0.2) is 44.3 Å². The number of carbonyl (C=O) groups is 2. The minimum atomic E-state index is -0.659. The molecule has 0 bridgehead atoms. The van der Waals surface area contributed by atoms with Crippen LogP contribution in [0.3, 0.4) is 0 Å². The van der Waals surface area contributed by atoms with E-state index in [1.807, 2.05) is 54.3 Å². The van der Waals surface area contributed by atoms with Crippen molar-refractivity contribution in [2.24, 2.45) is 0 Å². The number of amides is 2. The smallest absolute Gasteiger partial charge is 0.262 e. The van der Waals surface area contributed by atoms with E-state index in [4.69, 9.17) is 14.2 Å². The highest BCUT2D eigenvalue weighted by Crippen LogP contribution is 2.33. The molecule has 0 aromatic heterocycles. The van der Waals surface area contributed by atoms with Gasteiger partial charge in [-0.15, -0.1) is 0 Å². The van der Waals surface area contributed by atoms with Gasteiger partial charge in [-0.25, -0.2) is 0 Å². The molecule has 0 spiro atoms. The third-order valence-electron chi connectivity index (χ3n) is 4.96. The van der Waals surface area contributed by atoms with E-state index in [1.54, 1.807) is 0 Å². The summed E-state index contributed by atoms with van der Waals surface area (Å²) in [5.74, 6) is 1.69. The molecule has 2 aromatic carbocycles. The average Bonchev–Trinajstić information content (AvgIpc) is 3.24. The summed E-state index contributed by atoms with van der Waals surface area (Å²) in [7, 11) is 0. The first-order valence-corrected chi connectivity index (χ1v) is 10.1. The van der Waals surface area contributed by atoms with Gasteiger partial charge < -0.3 is 29.7 Å². The molecule has 0 saturated carbocycles. The molecular weight excluding hydrogens is 386 g/mol. The molecule has 1 atom stereocenters. The van der Waals surface area contributed by atoms with Crippen LogP contribution in [0.25, 0.3) is 0 Å². The molecular formula is C22H25N3O5. The van der Waals surface area contributed by atoms with E-state index >= 15 is 0 Å². The molecule has 158 valence electrons. The first kappa shape index (κ1) is 19.9. The lowest BCUT2D eigenvalue weighted by molar-refractivity contribution is -0.128. The van der Waals surface area contributed by atoms with Crippen LogP contribution in [0.2, 0.25) is 0 Å². The predicted octanol–water partition coefficient (Wildman–Crippen LogP) is 1.83. The SMILES string of the molecule is CCCNC(=O)[C@@H]1CN(CC(=O)NCc2ccc3c(c2)OCO3)c2ccccc2O1. The van der Waals surface area contributed by atoms with Crippen molar-refractivity contribution in [3.8, 4) is 17.2 Å². The van der Waals surface area contributed by atoms with Crippen LogP contribution in [0.5, 0.6) is 17.2 Å². The molecule has 4 rings (SSSR count). The number of ether oxygens (including phenoxy) is 3. The van der Waals surface area contributed by atoms with E-state index in [-0.39, 0.29) is 25.2 Å². The molecule has 8 heteroatoms. The van der Waals surface area contributed by atoms with Gasteiger partial charge in [0.2, 0.25) is 12.7 Å². The Balaban J connectivity index is 1.39. The molecule has 0 saturated heterocycles. The largest absolute Gasteiger partial charge is 0.477 e. The summed E-state index contributed by atoms with van der Waals surface area (Å²) in [5.41, 5.74) is 1.72. The summed E-state index contributed by atoms with van der Waals surface area (Å²) in [5, 5.41) is 5.79. The van der Waals surface area contributed by atoms with Crippen LogP contribution in [0, 0.1) is 0 Å². The maximum atomic E-state index is 12.6. The van der Waals surface area contributed by atoms with Gasteiger partial charge in [0, 0.05) is 13.1 Å². The average molecular weight is 411 g/mol. The third kappa shape index (κ3) is 4.42. The summed E-state index contributed by atoms with van der Waals surface area (Å²) in [6.45, 7) is 3.62. The fourth-order valence-corrected chi connectivity index (χ4v) is 3.44. The fraction of sp³-hybridized carbons (Fsp3) is 0.364. The minimum absolute atomic E-state index is 0.127. The highest BCUT2D eigenvalue weighted by molar-refractivity contribution is 5.86. The second kappa shape index (κ2) is 8.94. The number of benzene rings is 2. The van der Waals surface area contributed by atoms with Crippen molar-refractivity contribution in [1.29, 1.82) is 0 Å². The predicted molar refractivity (Wildman–Crippen MR) is 111 cm³/mol. The molecule has 0 fully saturated rings. The molecule has 30 heavy (non-hydrogen) atoms. The van der Waals surface area contributed by atoms with Gasteiger partial charge in [0.15, 0.2) is 17.6 Å². The Kier molecular flexibility index (Phi) is 5.92. The molecule has 0 unspecified atom stereocenters. The van der Waals surface area contributed by atoms with E-state index < -0.39 is 6.10 Å². The van der Waals surface area contributed by atoms with E-state index in [0.29, 0.717) is 36.9 Å². The Morgan fingerprint density at radius 3 is 2.77 bits per heavy atom. The van der Waals surface area contributed by atoms with Gasteiger partial charge in [-0.05, 0) is 36.2 Å². The number of nitrogens with zero attached hydrogens (tertiary/aromatic N) is 1. The minimum Gasteiger partial charge on any atom is -0.477 e. The zero-order valence-electron chi connectivity index (χ0n) is 16.8. The number of carbonyl (C=O) groups excluding carboxylic acids is 2. The van der Waals surface area contributed by atoms with Crippen LogP contribution in [-0.2, 0) is 16.1 Å². The molecule has 0 aliphatic carbocycles. The number of para-hydroxylation sites is 2. The van der Waals surface area contributed by atoms with Gasteiger partial charge in [0.25, 0.3) is 5.91 Å². The lowest BCUT2D eigenvalue weighted by Gasteiger charge is -2.35. The molecule has 2 heterocycles. The summed E-state index contributed by atoms with van der Waals surface area (Å²) in [6, 6.07) is 13.0. The van der Waals surface area contributed by atoms with E-state index in [0.717, 1.165) is 17.7 Å². The summed E-state index contributed by atoms with van der Waals surface area (Å²) in [6.07, 6.45) is 0.189. The van der Waals surface area contributed by atoms with Gasteiger partial charge in [0.1, 0.15) is 5.75 Å². The monoisotopic (exact) mass is 411 g/mol. The molecule has 2 N–H and O–H groups in total. The van der Waals surface area contributed by atoms with Gasteiger partial charge in [0.05, 0.1) is 18.8 Å². The Hall–Kier alpha value is -3.42. The Morgan fingerprint density at radius 1 is 1.07 bits per heavy atom. The second-order valence-electron chi connectivity index (χ2n) is 7.21. The van der Waals surface area contributed by atoms with Crippen LogP contribution in [0.4, 0.5) is 5.69 Å². The normalized spacial score (nSPS) is 16.4. The quantitative estimate of drug-likeness (QED) is 0.723. The van der Waals surface area contributed by atoms with Gasteiger partial charge >= 0.3 is 0 Å². The highest BCUT2D eigenvalue weighted by atomic mass is 16.7. The number of nitrogens with one attached hydrogen (secondary N) is 2. The maximum Gasteiger partial charge on any atom is 0.262 e. The number of hydrogen-bond donors (Lipinski definition) is 2. The lowest BCUT2D eigenvalue weighted by Crippen LogP contribution is -2.51. The van der Waals surface area contributed by atoms with Crippen LogP contribution in [0.15, 0.2) is 42.5 Å². The first-order valence-electron chi connectivity index (χ1n) is 10.1. The molecule has 8 nitrogen and oxygen atoms in total. The topological polar surface area (TPSA) is 89.1 Å². The molecule has 2 amide bonds. The Bertz CT molecular complexity index is 933. The summed E-state index contributed by atoms with van der Waals surface area (Å²) < 4.78 is 16.5. The highest BCUT2D eigenvalue weighted by Gasteiger charge is 2.31. The third-order valence-corrected chi connectivity index (χ3v) is 4.96. The van der Waals surface area contributed by atoms with E-state index in [2.05, 4.69) is 10.6 Å². The van der Waals surface area contributed by atoms with Gasteiger partial charge in [-0.3, -0.25) is 9.59 Å². The number of fused-ring (bicyclic) bond motifs is 2. The van der Waals surface area contributed by atoms with Gasteiger partial charge in [-0.2, -0.15) is 0 Å². The van der Waals surface area contributed by atoms with Crippen molar-refractivity contribution in [2.75, 3.05) is 31.3 Å². The zero-order chi connectivity index (χ0) is 20.9. The number of anilines is 1. The molecule has 2 aromatic rings. The van der Waals surface area contributed by atoms with Crippen LogP contribution < -0.4 is 29.7 Å². The fourth-order valence-electron chi connectivity index (χ4n) is 3.44. The van der Waals surface area contributed by atoms with Crippen molar-refractivity contribution < 1.29 is 23.8 Å². The number of hydrogen-bond acceptors (Lipinski definition) is 6. The van der Waals surface area contributed by atoms with Crippen molar-refractivity contribution >= 4 is 17.5 Å². The Morgan fingerprint density at radius 2 is 1.90 bits per heavy atom. The second-order valence-corrected chi connectivity index (χ2v) is 7.21. The van der Waals surface area contributed by atoms with Gasteiger partial charge in [-0.1, -0.05) is 25.1 Å². The standard InChI is InChI=1S/C22H25N3O5/c1-2-9-23-22(27)20-12-25(16-5-3-4-6-17(16)30-20)13-21(26)24-11-15-7-8-18-19(10-15)29-14-28-18/h3-8,10,20H,2,9,11-14H2,1H3,(H,23,27)(H,24,26)/t20-/m0/s1. The van der Waals surface area contributed by atoms with Crippen molar-refractivity contribution in [1.82, 2.24) is 10.6 Å². The molecule has 2 aliphatic heterocycles. The summed E-state index contributed by atoms with van der Waals surface area (Å²) in [4.78, 5) is 26.9. The first-order chi connectivity index (χ1) is 14.6. The van der Waals surface area contributed by atoms with Crippen LogP contribution >= 0.6 is 0 Å². The van der Waals surface area contributed by atoms with Crippen LogP contribution in [0.1, 0.15) is 18.9 Å². The molecule has 0 radical (unpaired) electrons. The van der Waals surface area contributed by atoms with E-state index in [1.165, 1.54) is 0 Å². The molecule has 2 aliphatic rings. The number of rotatable bonds is 7. The van der Waals surface area contributed by atoms with Crippen molar-refractivity contribution in [2.45, 2.75) is 26.0 Å². The van der Waals surface area contributed by atoms with Crippen molar-refractivity contribution in [3.63, 3.8) is 0 Å². The van der Waals surface area contributed by atoms with Crippen molar-refractivity contribution in [3.05, 3.63) is 48.0 Å².